The van der Waals surface area contributed by atoms with Crippen molar-refractivity contribution >= 4 is 21.7 Å². The third-order valence-corrected chi connectivity index (χ3v) is 5.73. The van der Waals surface area contributed by atoms with Gasteiger partial charge in [0.25, 0.3) is 0 Å². The highest BCUT2D eigenvalue weighted by Crippen LogP contribution is 2.40. The summed E-state index contributed by atoms with van der Waals surface area (Å²) in [5.41, 5.74) is 1.26. The van der Waals surface area contributed by atoms with Gasteiger partial charge in [-0.3, -0.25) is 0 Å². The molecule has 1 aromatic heterocycles. The van der Waals surface area contributed by atoms with Crippen LogP contribution in [0.3, 0.4) is 0 Å². The topological polar surface area (TPSA) is 37.8 Å². The van der Waals surface area contributed by atoms with Gasteiger partial charge in [-0.2, -0.15) is 0 Å². The highest BCUT2D eigenvalue weighted by Gasteiger charge is 2.26. The molecule has 3 rings (SSSR count). The van der Waals surface area contributed by atoms with Gasteiger partial charge in [-0.25, -0.2) is 9.97 Å². The van der Waals surface area contributed by atoms with Gasteiger partial charge in [-0.05, 0) is 48.5 Å². The summed E-state index contributed by atoms with van der Waals surface area (Å²) < 4.78 is 1.11. The van der Waals surface area contributed by atoms with Crippen LogP contribution in [0.25, 0.3) is 0 Å². The zero-order valence-electron chi connectivity index (χ0n) is 13.0. The van der Waals surface area contributed by atoms with Crippen molar-refractivity contribution in [2.75, 3.05) is 11.9 Å². The number of rotatable bonds is 4. The molecule has 1 N–H and O–H groups in total. The highest BCUT2D eigenvalue weighted by atomic mass is 79.9. The maximum atomic E-state index is 5.02. The first-order valence-electron chi connectivity index (χ1n) is 8.60. The summed E-state index contributed by atoms with van der Waals surface area (Å²) in [6.45, 7) is 3.04. The molecule has 0 radical (unpaired) electrons. The van der Waals surface area contributed by atoms with Crippen LogP contribution in [0.15, 0.2) is 4.47 Å². The molecule has 0 atom stereocenters. The molecule has 1 heterocycles. The Morgan fingerprint density at radius 2 is 1.57 bits per heavy atom. The monoisotopic (exact) mass is 351 g/mol. The summed E-state index contributed by atoms with van der Waals surface area (Å²) in [5.74, 6) is 3.30. The molecule has 0 aromatic carbocycles. The number of hydrogen-bond acceptors (Lipinski definition) is 3. The summed E-state index contributed by atoms with van der Waals surface area (Å²) in [5, 5.41) is 3.42. The van der Waals surface area contributed by atoms with E-state index in [1.165, 1.54) is 63.5 Å². The average molecular weight is 352 g/mol. The predicted molar refractivity (Wildman–Crippen MR) is 90.9 cm³/mol. The molecule has 2 fully saturated rings. The molecule has 4 heteroatoms. The number of anilines is 1. The lowest BCUT2D eigenvalue weighted by Crippen LogP contribution is -2.14. The van der Waals surface area contributed by atoms with Gasteiger partial charge in [0.2, 0.25) is 0 Å². The van der Waals surface area contributed by atoms with E-state index in [1.54, 1.807) is 0 Å². The van der Waals surface area contributed by atoms with Crippen LogP contribution in [-0.2, 0) is 0 Å². The van der Waals surface area contributed by atoms with Crippen molar-refractivity contribution in [3.05, 3.63) is 16.0 Å². The smallest absolute Gasteiger partial charge is 0.144 e. The molecule has 3 nitrogen and oxygen atoms in total. The van der Waals surface area contributed by atoms with Gasteiger partial charge in [0.05, 0.1) is 10.2 Å². The zero-order chi connectivity index (χ0) is 14.7. The average Bonchev–Trinajstić information content (AvgIpc) is 3.04. The second-order valence-electron chi connectivity index (χ2n) is 6.48. The van der Waals surface area contributed by atoms with Crippen molar-refractivity contribution in [1.82, 2.24) is 9.97 Å². The lowest BCUT2D eigenvalue weighted by Gasteiger charge is -2.23. The van der Waals surface area contributed by atoms with E-state index in [-0.39, 0.29) is 0 Å². The molecule has 21 heavy (non-hydrogen) atoms. The van der Waals surface area contributed by atoms with E-state index in [0.29, 0.717) is 11.8 Å². The van der Waals surface area contributed by atoms with Crippen LogP contribution in [0.2, 0.25) is 0 Å². The summed E-state index contributed by atoms with van der Waals surface area (Å²) in [6.07, 6.45) is 11.8. The van der Waals surface area contributed by atoms with E-state index in [1.807, 2.05) is 0 Å². The zero-order valence-corrected chi connectivity index (χ0v) is 14.6. The van der Waals surface area contributed by atoms with Crippen molar-refractivity contribution in [2.24, 2.45) is 0 Å². The minimum atomic E-state index is 0.574. The van der Waals surface area contributed by atoms with Crippen LogP contribution in [0.4, 0.5) is 5.82 Å². The van der Waals surface area contributed by atoms with E-state index < -0.39 is 0 Å². The van der Waals surface area contributed by atoms with Crippen LogP contribution in [0.5, 0.6) is 0 Å². The van der Waals surface area contributed by atoms with E-state index in [9.17, 15) is 0 Å². The lowest BCUT2D eigenvalue weighted by atomic mass is 9.88. The van der Waals surface area contributed by atoms with Crippen molar-refractivity contribution < 1.29 is 0 Å². The van der Waals surface area contributed by atoms with Gasteiger partial charge in [-0.15, -0.1) is 0 Å². The fraction of sp³-hybridized carbons (Fsp3) is 0.765. The molecule has 2 saturated carbocycles. The molecule has 1 aromatic rings. The molecule has 0 spiro atoms. The normalized spacial score (nSPS) is 20.9. The highest BCUT2D eigenvalue weighted by molar-refractivity contribution is 9.10. The first-order chi connectivity index (χ1) is 10.3. The van der Waals surface area contributed by atoms with E-state index in [0.717, 1.165) is 22.7 Å². The van der Waals surface area contributed by atoms with Gasteiger partial charge < -0.3 is 5.32 Å². The fourth-order valence-electron chi connectivity index (χ4n) is 3.78. The van der Waals surface area contributed by atoms with Crippen molar-refractivity contribution in [2.45, 2.75) is 76.5 Å². The van der Waals surface area contributed by atoms with Crippen LogP contribution in [0.1, 0.15) is 88.1 Å². The number of nitrogens with one attached hydrogen (secondary N) is 1. The quantitative estimate of drug-likeness (QED) is 0.791. The number of aromatic nitrogens is 2. The molecular formula is C17H26BrN3. The molecular weight excluding hydrogens is 326 g/mol. The Hall–Kier alpha value is -0.640. The maximum Gasteiger partial charge on any atom is 0.144 e. The van der Waals surface area contributed by atoms with Crippen molar-refractivity contribution in [3.63, 3.8) is 0 Å². The van der Waals surface area contributed by atoms with Gasteiger partial charge >= 0.3 is 0 Å². The van der Waals surface area contributed by atoms with Gasteiger partial charge in [0.1, 0.15) is 11.6 Å². The number of nitrogens with zero attached hydrogens (tertiary/aromatic N) is 2. The molecule has 116 valence electrons. The standard InChI is InChI=1S/C17H26BrN3/c1-2-19-17-14(18)15(12-8-6-7-9-12)20-16(21-17)13-10-4-3-5-11-13/h12-13H,2-11H2,1H3,(H,19,20,21). The van der Waals surface area contributed by atoms with Gasteiger partial charge in [0, 0.05) is 18.4 Å². The van der Waals surface area contributed by atoms with E-state index >= 15 is 0 Å². The van der Waals surface area contributed by atoms with Crippen LogP contribution < -0.4 is 5.32 Å². The summed E-state index contributed by atoms with van der Waals surface area (Å²) in [6, 6.07) is 0. The van der Waals surface area contributed by atoms with Crippen molar-refractivity contribution in [3.8, 4) is 0 Å². The molecule has 2 aliphatic rings. The number of hydrogen-bond donors (Lipinski definition) is 1. The Labute approximate surface area is 136 Å². The fourth-order valence-corrected chi connectivity index (χ4v) is 4.42. The van der Waals surface area contributed by atoms with Crippen molar-refractivity contribution in [1.29, 1.82) is 0 Å². The minimum Gasteiger partial charge on any atom is -0.369 e. The Morgan fingerprint density at radius 1 is 0.952 bits per heavy atom. The van der Waals surface area contributed by atoms with E-state index in [2.05, 4.69) is 28.2 Å². The van der Waals surface area contributed by atoms with Crippen LogP contribution in [-0.4, -0.2) is 16.5 Å². The van der Waals surface area contributed by atoms with E-state index in [4.69, 9.17) is 9.97 Å². The lowest BCUT2D eigenvalue weighted by molar-refractivity contribution is 0.426. The second kappa shape index (κ2) is 7.08. The Morgan fingerprint density at radius 3 is 2.24 bits per heavy atom. The second-order valence-corrected chi connectivity index (χ2v) is 7.27. The minimum absolute atomic E-state index is 0.574. The molecule has 0 aliphatic heterocycles. The Kier molecular flexibility index (Phi) is 5.15. The first kappa shape index (κ1) is 15.3. The van der Waals surface area contributed by atoms with Crippen LogP contribution >= 0.6 is 15.9 Å². The Bertz CT molecular complexity index is 477. The third kappa shape index (κ3) is 3.41. The third-order valence-electron chi connectivity index (χ3n) is 4.95. The largest absolute Gasteiger partial charge is 0.369 e. The maximum absolute atomic E-state index is 5.02. The predicted octanol–water partition coefficient (Wildman–Crippen LogP) is 5.38. The summed E-state index contributed by atoms with van der Waals surface area (Å²) >= 11 is 3.76. The summed E-state index contributed by atoms with van der Waals surface area (Å²) in [7, 11) is 0. The molecule has 2 aliphatic carbocycles. The molecule has 0 unspecified atom stereocenters. The molecule has 0 bridgehead atoms. The van der Waals surface area contributed by atoms with Crippen LogP contribution in [0, 0.1) is 0 Å². The van der Waals surface area contributed by atoms with Gasteiger partial charge in [-0.1, -0.05) is 32.1 Å². The first-order valence-corrected chi connectivity index (χ1v) is 9.40. The van der Waals surface area contributed by atoms with Gasteiger partial charge in [0.15, 0.2) is 0 Å². The molecule has 0 saturated heterocycles. The molecule has 0 amide bonds. The number of halogens is 1. The summed E-state index contributed by atoms with van der Waals surface area (Å²) in [4.78, 5) is 9.87. The SMILES string of the molecule is CCNc1nc(C2CCCCC2)nc(C2CCCC2)c1Br. The Balaban J connectivity index is 1.94.